The van der Waals surface area contributed by atoms with Crippen LogP contribution in [0.5, 0.6) is 0 Å². The Bertz CT molecular complexity index is 612. The minimum Gasteiger partial charge on any atom is -0.203 e. The molecular weight excluding hydrogens is 266 g/mol. The Hall–Kier alpha value is -1.96. The molecule has 2 aromatic rings. The molecule has 21 heavy (non-hydrogen) atoms. The lowest BCUT2D eigenvalue weighted by atomic mass is 9.99. The van der Waals surface area contributed by atoms with E-state index in [0.29, 0.717) is 23.1 Å². The molecule has 0 spiro atoms. The van der Waals surface area contributed by atoms with Gasteiger partial charge in [-0.1, -0.05) is 55.8 Å². The van der Waals surface area contributed by atoms with Crippen LogP contribution in [0.4, 0.5) is 8.78 Å². The van der Waals surface area contributed by atoms with Crippen molar-refractivity contribution in [2.45, 2.75) is 32.6 Å². The monoisotopic (exact) mass is 286 g/mol. The molecular formula is C19H20F2. The van der Waals surface area contributed by atoms with Crippen molar-refractivity contribution in [1.82, 2.24) is 0 Å². The molecule has 0 saturated heterocycles. The molecule has 0 bridgehead atoms. The van der Waals surface area contributed by atoms with E-state index in [2.05, 4.69) is 6.58 Å². The van der Waals surface area contributed by atoms with Gasteiger partial charge in [0.25, 0.3) is 0 Å². The van der Waals surface area contributed by atoms with Crippen LogP contribution < -0.4 is 0 Å². The van der Waals surface area contributed by atoms with E-state index in [9.17, 15) is 8.78 Å². The van der Waals surface area contributed by atoms with Crippen LogP contribution in [0, 0.1) is 11.6 Å². The van der Waals surface area contributed by atoms with E-state index in [0.717, 1.165) is 19.3 Å². The lowest BCUT2D eigenvalue weighted by Crippen LogP contribution is -1.97. The van der Waals surface area contributed by atoms with Gasteiger partial charge in [0.05, 0.1) is 0 Å². The first-order valence-corrected chi connectivity index (χ1v) is 7.34. The zero-order chi connectivity index (χ0) is 15.2. The minimum atomic E-state index is -0.750. The Morgan fingerprint density at radius 1 is 0.952 bits per heavy atom. The molecule has 0 aliphatic carbocycles. The van der Waals surface area contributed by atoms with Gasteiger partial charge in [0.15, 0.2) is 11.6 Å². The third kappa shape index (κ3) is 3.57. The first-order chi connectivity index (χ1) is 10.2. The van der Waals surface area contributed by atoms with Gasteiger partial charge in [-0.25, -0.2) is 8.78 Å². The Morgan fingerprint density at radius 3 is 2.29 bits per heavy atom. The second-order valence-corrected chi connectivity index (χ2v) is 5.17. The quantitative estimate of drug-likeness (QED) is 0.597. The van der Waals surface area contributed by atoms with Crippen molar-refractivity contribution in [2.75, 3.05) is 0 Å². The summed E-state index contributed by atoms with van der Waals surface area (Å²) in [7, 11) is 0. The normalized spacial score (nSPS) is 10.6. The number of allylic oxidation sites excluding steroid dienone is 1. The molecule has 0 amide bonds. The van der Waals surface area contributed by atoms with Crippen molar-refractivity contribution >= 4 is 0 Å². The van der Waals surface area contributed by atoms with Gasteiger partial charge in [-0.05, 0) is 36.0 Å². The van der Waals surface area contributed by atoms with E-state index in [1.165, 1.54) is 5.56 Å². The summed E-state index contributed by atoms with van der Waals surface area (Å²) >= 11 is 0. The molecule has 2 heteroatoms. The van der Waals surface area contributed by atoms with E-state index < -0.39 is 11.6 Å². The average molecular weight is 286 g/mol. The van der Waals surface area contributed by atoms with Crippen molar-refractivity contribution < 1.29 is 8.78 Å². The maximum atomic E-state index is 14.2. The highest BCUT2D eigenvalue weighted by atomic mass is 19.2. The molecule has 2 aromatic carbocycles. The molecule has 0 heterocycles. The van der Waals surface area contributed by atoms with E-state index in [4.69, 9.17) is 0 Å². The smallest absolute Gasteiger partial charge is 0.166 e. The molecule has 0 aromatic heterocycles. The summed E-state index contributed by atoms with van der Waals surface area (Å²) in [6.45, 7) is 5.65. The summed E-state index contributed by atoms with van der Waals surface area (Å²) in [6.07, 6.45) is 5.05. The maximum absolute atomic E-state index is 14.2. The van der Waals surface area contributed by atoms with Gasteiger partial charge >= 0.3 is 0 Å². The number of hydrogen-bond acceptors (Lipinski definition) is 0. The van der Waals surface area contributed by atoms with Crippen LogP contribution in [-0.2, 0) is 12.8 Å². The second kappa shape index (κ2) is 7.16. The molecule has 0 fully saturated rings. The maximum Gasteiger partial charge on any atom is 0.166 e. The molecule has 110 valence electrons. The van der Waals surface area contributed by atoms with Gasteiger partial charge in [-0.3, -0.25) is 0 Å². The standard InChI is InChI=1S/C19H20F2/c1-3-5-7-14-8-10-15(11-9-14)17-13-12-16(6-4-2)18(20)19(17)21/h3,8-13H,1,4-7H2,2H3. The molecule has 0 aliphatic heterocycles. The van der Waals surface area contributed by atoms with Gasteiger partial charge in [0.2, 0.25) is 0 Å². The van der Waals surface area contributed by atoms with E-state index >= 15 is 0 Å². The van der Waals surface area contributed by atoms with Gasteiger partial charge in [0.1, 0.15) is 0 Å². The summed E-state index contributed by atoms with van der Waals surface area (Å²) in [4.78, 5) is 0. The summed E-state index contributed by atoms with van der Waals surface area (Å²) < 4.78 is 28.2. The van der Waals surface area contributed by atoms with Crippen molar-refractivity contribution in [3.63, 3.8) is 0 Å². The Labute approximate surface area is 125 Å². The Kier molecular flexibility index (Phi) is 5.26. The average Bonchev–Trinajstić information content (AvgIpc) is 2.51. The number of hydrogen-bond donors (Lipinski definition) is 0. The highest BCUT2D eigenvalue weighted by Gasteiger charge is 2.14. The Morgan fingerprint density at radius 2 is 1.67 bits per heavy atom. The first-order valence-electron chi connectivity index (χ1n) is 7.34. The van der Waals surface area contributed by atoms with Crippen LogP contribution in [-0.4, -0.2) is 0 Å². The van der Waals surface area contributed by atoms with Crippen LogP contribution in [0.1, 0.15) is 30.9 Å². The van der Waals surface area contributed by atoms with Crippen molar-refractivity contribution in [3.05, 3.63) is 71.8 Å². The van der Waals surface area contributed by atoms with Crippen LogP contribution in [0.2, 0.25) is 0 Å². The number of aryl methyl sites for hydroxylation is 2. The van der Waals surface area contributed by atoms with Crippen LogP contribution >= 0.6 is 0 Å². The fourth-order valence-corrected chi connectivity index (χ4v) is 2.39. The van der Waals surface area contributed by atoms with Crippen LogP contribution in [0.3, 0.4) is 0 Å². The number of rotatable bonds is 6. The van der Waals surface area contributed by atoms with E-state index in [1.54, 1.807) is 12.1 Å². The van der Waals surface area contributed by atoms with Gasteiger partial charge < -0.3 is 0 Å². The zero-order valence-electron chi connectivity index (χ0n) is 12.3. The predicted molar refractivity (Wildman–Crippen MR) is 84.3 cm³/mol. The van der Waals surface area contributed by atoms with E-state index in [1.807, 2.05) is 37.3 Å². The Balaban J connectivity index is 2.29. The highest BCUT2D eigenvalue weighted by Crippen LogP contribution is 2.27. The largest absolute Gasteiger partial charge is 0.203 e. The summed E-state index contributed by atoms with van der Waals surface area (Å²) in [5.41, 5.74) is 2.64. The third-order valence-corrected chi connectivity index (χ3v) is 3.58. The molecule has 2 rings (SSSR count). The van der Waals surface area contributed by atoms with Crippen molar-refractivity contribution in [1.29, 1.82) is 0 Å². The first kappa shape index (κ1) is 15.4. The SMILES string of the molecule is C=CCCc1ccc(-c2ccc(CCC)c(F)c2F)cc1. The molecule has 0 N–H and O–H groups in total. The fraction of sp³-hybridized carbons (Fsp3) is 0.263. The van der Waals surface area contributed by atoms with Crippen LogP contribution in [0.25, 0.3) is 11.1 Å². The minimum absolute atomic E-state index is 0.322. The molecule has 0 aliphatic rings. The molecule has 0 unspecified atom stereocenters. The lowest BCUT2D eigenvalue weighted by molar-refractivity contribution is 0.500. The molecule has 0 saturated carbocycles. The fourth-order valence-electron chi connectivity index (χ4n) is 2.39. The van der Waals surface area contributed by atoms with Crippen molar-refractivity contribution in [3.8, 4) is 11.1 Å². The van der Waals surface area contributed by atoms with E-state index in [-0.39, 0.29) is 0 Å². The van der Waals surface area contributed by atoms with Gasteiger partial charge in [-0.15, -0.1) is 6.58 Å². The molecule has 0 atom stereocenters. The zero-order valence-corrected chi connectivity index (χ0v) is 12.3. The topological polar surface area (TPSA) is 0 Å². The lowest BCUT2D eigenvalue weighted by Gasteiger charge is -2.09. The third-order valence-electron chi connectivity index (χ3n) is 3.58. The molecule has 0 radical (unpaired) electrons. The summed E-state index contributed by atoms with van der Waals surface area (Å²) in [6, 6.07) is 10.9. The van der Waals surface area contributed by atoms with Crippen molar-refractivity contribution in [2.24, 2.45) is 0 Å². The number of benzene rings is 2. The highest BCUT2D eigenvalue weighted by molar-refractivity contribution is 5.65. The van der Waals surface area contributed by atoms with Gasteiger partial charge in [0, 0.05) is 5.56 Å². The predicted octanol–water partition coefficient (Wildman–Crippen LogP) is 5.70. The summed E-state index contributed by atoms with van der Waals surface area (Å²) in [5, 5.41) is 0. The second-order valence-electron chi connectivity index (χ2n) is 5.17. The molecule has 0 nitrogen and oxygen atoms in total. The summed E-state index contributed by atoms with van der Waals surface area (Å²) in [5.74, 6) is -1.47. The van der Waals surface area contributed by atoms with Crippen LogP contribution in [0.15, 0.2) is 49.1 Å². The van der Waals surface area contributed by atoms with Gasteiger partial charge in [-0.2, -0.15) is 0 Å². The number of halogens is 2.